The highest BCUT2D eigenvalue weighted by Gasteiger charge is 2.50. The van der Waals surface area contributed by atoms with E-state index >= 15 is 0 Å². The van der Waals surface area contributed by atoms with E-state index in [1.54, 1.807) is 33.0 Å². The maximum Gasteiger partial charge on any atom is 0.262 e. The van der Waals surface area contributed by atoms with Gasteiger partial charge >= 0.3 is 0 Å². The SMILES string of the molecule is CCCc1c(Cl)c2c(OC)c3ccc4c(OC)c5oc6c(c(=O)c5c(O)c4c3c(O)c2c(=O)n1C)[C@H]1OC(C)(C)O[C@H]1C[C@@H]6O. The highest BCUT2D eigenvalue weighted by atomic mass is 35.5. The van der Waals surface area contributed by atoms with Gasteiger partial charge in [-0.2, -0.15) is 0 Å². The van der Waals surface area contributed by atoms with Crippen LogP contribution in [-0.4, -0.2) is 46.0 Å². The van der Waals surface area contributed by atoms with E-state index in [0.29, 0.717) is 17.5 Å². The van der Waals surface area contributed by atoms with Gasteiger partial charge in [0.25, 0.3) is 5.56 Å². The Morgan fingerprint density at radius 2 is 1.60 bits per heavy atom. The van der Waals surface area contributed by atoms with Crippen LogP contribution in [0.5, 0.6) is 23.0 Å². The number of rotatable bonds is 4. The zero-order valence-corrected chi connectivity index (χ0v) is 26.3. The molecule has 0 saturated carbocycles. The van der Waals surface area contributed by atoms with Crippen molar-refractivity contribution in [2.45, 2.75) is 64.1 Å². The Labute approximate surface area is 261 Å². The number of halogens is 1. The third-order valence-corrected chi connectivity index (χ3v) is 9.43. The molecule has 7 rings (SSSR count). The highest BCUT2D eigenvalue weighted by Crippen LogP contribution is 2.53. The first-order chi connectivity index (χ1) is 21.4. The minimum absolute atomic E-state index is 0.00409. The van der Waals surface area contributed by atoms with Crippen LogP contribution >= 0.6 is 11.6 Å². The third-order valence-electron chi connectivity index (χ3n) is 9.02. The Bertz CT molecular complexity index is 2230. The molecule has 0 spiro atoms. The van der Waals surface area contributed by atoms with Gasteiger partial charge in [0.05, 0.1) is 41.7 Å². The molecule has 5 aromatic rings. The second-order valence-electron chi connectivity index (χ2n) is 12.1. The lowest BCUT2D eigenvalue weighted by Gasteiger charge is -2.28. The molecule has 45 heavy (non-hydrogen) atoms. The van der Waals surface area contributed by atoms with Gasteiger partial charge in [-0.05, 0) is 32.4 Å². The van der Waals surface area contributed by atoms with Crippen LogP contribution in [0.4, 0.5) is 0 Å². The van der Waals surface area contributed by atoms with E-state index in [0.717, 1.165) is 6.42 Å². The largest absolute Gasteiger partial charge is 0.506 e. The number of pyridine rings is 1. The number of nitrogens with zero attached hydrogens (tertiary/aromatic N) is 1. The van der Waals surface area contributed by atoms with Gasteiger partial charge < -0.3 is 43.3 Å². The average molecular weight is 638 g/mol. The summed E-state index contributed by atoms with van der Waals surface area (Å²) in [6, 6.07) is 3.28. The summed E-state index contributed by atoms with van der Waals surface area (Å²) in [5.74, 6) is -1.67. The Kier molecular flexibility index (Phi) is 6.58. The van der Waals surface area contributed by atoms with Crippen molar-refractivity contribution in [3.05, 3.63) is 54.8 Å². The summed E-state index contributed by atoms with van der Waals surface area (Å²) >= 11 is 6.88. The highest BCUT2D eigenvalue weighted by molar-refractivity contribution is 6.38. The first kappa shape index (κ1) is 29.7. The van der Waals surface area contributed by atoms with E-state index in [2.05, 4.69) is 0 Å². The van der Waals surface area contributed by atoms with E-state index in [4.69, 9.17) is 35.0 Å². The molecule has 0 amide bonds. The Morgan fingerprint density at radius 3 is 2.22 bits per heavy atom. The van der Waals surface area contributed by atoms with Crippen molar-refractivity contribution in [1.29, 1.82) is 0 Å². The molecule has 1 fully saturated rings. The minimum atomic E-state index is -1.17. The molecule has 1 saturated heterocycles. The second kappa shape index (κ2) is 9.98. The van der Waals surface area contributed by atoms with Crippen molar-refractivity contribution in [3.63, 3.8) is 0 Å². The van der Waals surface area contributed by atoms with Gasteiger partial charge in [0, 0.05) is 40.7 Å². The van der Waals surface area contributed by atoms with Crippen LogP contribution in [0.2, 0.25) is 5.02 Å². The van der Waals surface area contributed by atoms with Gasteiger partial charge in [-0.15, -0.1) is 0 Å². The first-order valence-electron chi connectivity index (χ1n) is 14.7. The van der Waals surface area contributed by atoms with E-state index in [1.165, 1.54) is 18.8 Å². The smallest absolute Gasteiger partial charge is 0.262 e. The number of ether oxygens (including phenoxy) is 4. The normalized spacial score (nSPS) is 20.7. The summed E-state index contributed by atoms with van der Waals surface area (Å²) in [6.45, 7) is 5.39. The Hall–Kier alpha value is -4.03. The summed E-state index contributed by atoms with van der Waals surface area (Å²) in [5, 5.41) is 35.7. The van der Waals surface area contributed by atoms with Gasteiger partial charge in [0.15, 0.2) is 17.1 Å². The molecule has 1 aliphatic heterocycles. The molecule has 2 aliphatic rings. The van der Waals surface area contributed by atoms with Crippen molar-refractivity contribution >= 4 is 54.9 Å². The number of fused-ring (bicyclic) bond motifs is 8. The van der Waals surface area contributed by atoms with Crippen molar-refractivity contribution < 1.29 is 38.7 Å². The number of phenolic OH excluding ortho intramolecular Hbond substituents is 2. The second-order valence-corrected chi connectivity index (χ2v) is 12.4. The lowest BCUT2D eigenvalue weighted by atomic mass is 9.88. The zero-order chi connectivity index (χ0) is 32.3. The Morgan fingerprint density at radius 1 is 0.978 bits per heavy atom. The zero-order valence-electron chi connectivity index (χ0n) is 25.5. The molecular formula is C33H32ClNO10. The molecule has 3 aromatic carbocycles. The number of methoxy groups -OCH3 is 2. The molecule has 11 nitrogen and oxygen atoms in total. The summed E-state index contributed by atoms with van der Waals surface area (Å²) < 4.78 is 31.2. The van der Waals surface area contributed by atoms with E-state index < -0.39 is 46.6 Å². The van der Waals surface area contributed by atoms with Crippen LogP contribution < -0.4 is 20.5 Å². The van der Waals surface area contributed by atoms with Crippen LogP contribution in [0.1, 0.15) is 62.8 Å². The Balaban J connectivity index is 1.69. The number of benzene rings is 3. The monoisotopic (exact) mass is 637 g/mol. The van der Waals surface area contributed by atoms with Crippen LogP contribution in [-0.2, 0) is 22.9 Å². The van der Waals surface area contributed by atoms with E-state index in [-0.39, 0.29) is 72.2 Å². The summed E-state index contributed by atoms with van der Waals surface area (Å²) in [4.78, 5) is 28.1. The van der Waals surface area contributed by atoms with Gasteiger partial charge in [-0.1, -0.05) is 24.9 Å². The fraction of sp³-hybridized carbons (Fsp3) is 0.394. The predicted octanol–water partition coefficient (Wildman–Crippen LogP) is 5.62. The number of aliphatic hydroxyl groups excluding tert-OH is 1. The van der Waals surface area contributed by atoms with Crippen molar-refractivity contribution in [3.8, 4) is 23.0 Å². The van der Waals surface area contributed by atoms with Crippen molar-refractivity contribution in [2.24, 2.45) is 7.05 Å². The number of aliphatic hydroxyl groups is 1. The van der Waals surface area contributed by atoms with Gasteiger partial charge in [-0.3, -0.25) is 9.59 Å². The fourth-order valence-corrected chi connectivity index (χ4v) is 7.58. The first-order valence-corrected chi connectivity index (χ1v) is 15.0. The molecule has 1 aliphatic carbocycles. The maximum absolute atomic E-state index is 14.3. The van der Waals surface area contributed by atoms with E-state index in [1.807, 2.05) is 6.92 Å². The molecule has 0 bridgehead atoms. The molecule has 236 valence electrons. The van der Waals surface area contributed by atoms with Gasteiger partial charge in [-0.25, -0.2) is 0 Å². The topological polar surface area (TPSA) is 150 Å². The molecule has 3 heterocycles. The average Bonchev–Trinajstić information content (AvgIpc) is 3.31. The molecule has 2 aromatic heterocycles. The molecule has 3 N–H and O–H groups in total. The lowest BCUT2D eigenvalue weighted by molar-refractivity contribution is -0.147. The molecule has 0 unspecified atom stereocenters. The van der Waals surface area contributed by atoms with Crippen molar-refractivity contribution in [2.75, 3.05) is 14.2 Å². The lowest BCUT2D eigenvalue weighted by Crippen LogP contribution is -2.31. The third kappa shape index (κ3) is 3.87. The predicted molar refractivity (Wildman–Crippen MR) is 168 cm³/mol. The quantitative estimate of drug-likeness (QED) is 0.167. The number of phenols is 2. The molecule has 3 atom stereocenters. The summed E-state index contributed by atoms with van der Waals surface area (Å²) in [6.07, 6.45) is -1.26. The van der Waals surface area contributed by atoms with Gasteiger partial charge in [0.1, 0.15) is 40.6 Å². The van der Waals surface area contributed by atoms with Crippen LogP contribution in [0.3, 0.4) is 0 Å². The van der Waals surface area contributed by atoms with E-state index in [9.17, 15) is 24.9 Å². The number of aromatic hydroxyl groups is 2. The molecule has 0 radical (unpaired) electrons. The number of aromatic nitrogens is 1. The van der Waals surface area contributed by atoms with Gasteiger partial charge in [0.2, 0.25) is 5.43 Å². The summed E-state index contributed by atoms with van der Waals surface area (Å²) in [5.41, 5.74) is -0.614. The number of hydrogen-bond donors (Lipinski definition) is 3. The van der Waals surface area contributed by atoms with Crippen LogP contribution in [0.25, 0.3) is 43.3 Å². The molecule has 12 heteroatoms. The maximum atomic E-state index is 14.3. The van der Waals surface area contributed by atoms with Crippen LogP contribution in [0, 0.1) is 0 Å². The minimum Gasteiger partial charge on any atom is -0.506 e. The number of hydrogen-bond acceptors (Lipinski definition) is 10. The van der Waals surface area contributed by atoms with Crippen LogP contribution in [0.15, 0.2) is 26.1 Å². The summed E-state index contributed by atoms with van der Waals surface area (Å²) in [7, 11) is 4.39. The fourth-order valence-electron chi connectivity index (χ4n) is 7.18. The van der Waals surface area contributed by atoms with Crippen molar-refractivity contribution in [1.82, 2.24) is 4.57 Å². The standard InChI is InChI=1S/C33H32ClNO10/c1-7-8-14-23(34)19-20(32(40)35(14)4)24(37)17-12(27(19)41-5)9-10-13-18(17)25(38)21-26(39)22-29(43-31(21)28(13)42-6)15(36)11-16-30(22)45-33(2,3)44-16/h9-10,15-16,30,36-38H,7-8,11H2,1-6H3/t15-,16-,30-/m0/s1. The molecular weight excluding hydrogens is 606 g/mol.